The van der Waals surface area contributed by atoms with Crippen LogP contribution < -0.4 is 10.1 Å². The van der Waals surface area contributed by atoms with Gasteiger partial charge >= 0.3 is 0 Å². The third-order valence-corrected chi connectivity index (χ3v) is 6.58. The Hall–Kier alpha value is -2.33. The fourth-order valence-corrected chi connectivity index (χ4v) is 4.95. The number of aryl methyl sites for hydroxylation is 2. The van der Waals surface area contributed by atoms with Gasteiger partial charge in [0.05, 0.1) is 23.2 Å². The Morgan fingerprint density at radius 2 is 2.00 bits per heavy atom. The first-order chi connectivity index (χ1) is 14.3. The predicted molar refractivity (Wildman–Crippen MR) is 131 cm³/mol. The van der Waals surface area contributed by atoms with Gasteiger partial charge in [0.1, 0.15) is 5.75 Å². The van der Waals surface area contributed by atoms with Crippen LogP contribution in [0.1, 0.15) is 63.1 Å². The molecule has 0 aliphatic heterocycles. The van der Waals surface area contributed by atoms with Crippen molar-refractivity contribution < 1.29 is 4.74 Å². The van der Waals surface area contributed by atoms with Crippen LogP contribution in [0.3, 0.4) is 0 Å². The van der Waals surface area contributed by atoms with Gasteiger partial charge in [0.2, 0.25) is 0 Å². The number of methoxy groups -OCH3 is 1. The van der Waals surface area contributed by atoms with E-state index in [1.807, 2.05) is 6.92 Å². The lowest BCUT2D eigenvalue weighted by Gasteiger charge is -2.16. The molecule has 3 rings (SSSR count). The van der Waals surface area contributed by atoms with E-state index >= 15 is 0 Å². The van der Waals surface area contributed by atoms with E-state index < -0.39 is 0 Å². The van der Waals surface area contributed by atoms with Crippen molar-refractivity contribution in [2.45, 2.75) is 65.8 Å². The van der Waals surface area contributed by atoms with Crippen molar-refractivity contribution in [3.63, 3.8) is 0 Å². The van der Waals surface area contributed by atoms with Crippen molar-refractivity contribution >= 4 is 22.2 Å². The molecule has 0 fully saturated rings. The number of rotatable bonds is 9. The smallest absolute Gasteiger partial charge is 0.123 e. The van der Waals surface area contributed by atoms with Gasteiger partial charge in [-0.3, -0.25) is 0 Å². The van der Waals surface area contributed by atoms with Crippen molar-refractivity contribution in [3.05, 3.63) is 58.6 Å². The number of aromatic nitrogens is 1. The average Bonchev–Trinajstić information content (AvgIpc) is 3.18. The number of nitrogens with one attached hydrogen (secondary N) is 1. The van der Waals surface area contributed by atoms with Crippen LogP contribution in [0, 0.1) is 6.92 Å². The zero-order chi connectivity index (χ0) is 21.8. The molecule has 30 heavy (non-hydrogen) atoms. The molecule has 0 aliphatic carbocycles. The van der Waals surface area contributed by atoms with Crippen molar-refractivity contribution in [2.24, 2.45) is 0 Å². The molecule has 0 amide bonds. The third-order valence-electron chi connectivity index (χ3n) is 5.61. The Labute approximate surface area is 185 Å². The van der Waals surface area contributed by atoms with E-state index in [2.05, 4.69) is 69.2 Å². The molecule has 2 aromatic heterocycles. The Morgan fingerprint density at radius 3 is 2.63 bits per heavy atom. The van der Waals surface area contributed by atoms with Crippen molar-refractivity contribution in [1.29, 1.82) is 0 Å². The quantitative estimate of drug-likeness (QED) is 0.395. The second-order valence-electron chi connectivity index (χ2n) is 8.57. The number of benzene rings is 1. The Morgan fingerprint density at radius 1 is 1.23 bits per heavy atom. The lowest BCUT2D eigenvalue weighted by atomic mass is 9.98. The highest BCUT2D eigenvalue weighted by Crippen LogP contribution is 2.35. The summed E-state index contributed by atoms with van der Waals surface area (Å²) in [5.41, 5.74) is 6.99. The van der Waals surface area contributed by atoms with Gasteiger partial charge in [0.15, 0.2) is 0 Å². The van der Waals surface area contributed by atoms with Gasteiger partial charge in [0.25, 0.3) is 0 Å². The minimum atomic E-state index is 0.433. The van der Waals surface area contributed by atoms with Gasteiger partial charge in [0, 0.05) is 22.7 Å². The van der Waals surface area contributed by atoms with E-state index in [0.29, 0.717) is 12.0 Å². The molecule has 160 valence electrons. The zero-order valence-corrected chi connectivity index (χ0v) is 20.0. The van der Waals surface area contributed by atoms with Crippen LogP contribution in [0.2, 0.25) is 0 Å². The maximum Gasteiger partial charge on any atom is 0.123 e. The van der Waals surface area contributed by atoms with Crippen molar-refractivity contribution in [1.82, 2.24) is 10.3 Å². The Balaban J connectivity index is 1.98. The molecule has 1 unspecified atom stereocenters. The Bertz CT molecular complexity index is 1030. The number of nitrogens with zero attached hydrogens (tertiary/aromatic N) is 1. The molecular weight excluding hydrogens is 388 g/mol. The second-order valence-corrected chi connectivity index (χ2v) is 9.48. The van der Waals surface area contributed by atoms with E-state index in [1.165, 1.54) is 21.4 Å². The fraction of sp³-hybridized carbons (Fsp3) is 0.423. The highest BCUT2D eigenvalue weighted by Gasteiger charge is 2.14. The molecule has 0 bridgehead atoms. The minimum Gasteiger partial charge on any atom is -0.496 e. The number of allylic oxidation sites excluding steroid dienone is 1. The molecule has 1 aromatic carbocycles. The molecular formula is C26H34N2OS. The van der Waals surface area contributed by atoms with Crippen molar-refractivity contribution in [2.75, 3.05) is 7.11 Å². The fourth-order valence-electron chi connectivity index (χ4n) is 3.91. The van der Waals surface area contributed by atoms with E-state index in [9.17, 15) is 0 Å². The summed E-state index contributed by atoms with van der Waals surface area (Å²) < 4.78 is 5.57. The summed E-state index contributed by atoms with van der Waals surface area (Å²) in [6, 6.07) is 9.25. The van der Waals surface area contributed by atoms with Gasteiger partial charge in [-0.15, -0.1) is 11.3 Å². The predicted octanol–water partition coefficient (Wildman–Crippen LogP) is 7.24. The highest BCUT2D eigenvalue weighted by atomic mass is 32.1. The summed E-state index contributed by atoms with van der Waals surface area (Å²) in [5.74, 6) is 1.42. The first-order valence-electron chi connectivity index (χ1n) is 10.8. The zero-order valence-electron chi connectivity index (χ0n) is 19.1. The van der Waals surface area contributed by atoms with Gasteiger partial charge in [-0.2, -0.15) is 0 Å². The number of hydrogen-bond donors (Lipinski definition) is 1. The number of hydrogen-bond acceptors (Lipinski definition) is 4. The number of pyridine rings is 1. The SMILES string of the molecule is C=C(C)NC(C)CCCc1cc(-c2cc(C(C)C)cs2)nc2c(C)c(OC)ccc12. The summed E-state index contributed by atoms with van der Waals surface area (Å²) >= 11 is 1.79. The molecule has 0 aliphatic rings. The molecule has 1 N–H and O–H groups in total. The number of ether oxygens (including phenoxy) is 1. The number of fused-ring (bicyclic) bond motifs is 1. The first kappa shape index (κ1) is 22.4. The Kier molecular flexibility index (Phi) is 7.19. The van der Waals surface area contributed by atoms with Crippen LogP contribution in [0.25, 0.3) is 21.5 Å². The van der Waals surface area contributed by atoms with Gasteiger partial charge < -0.3 is 10.1 Å². The standard InChI is InChI=1S/C26H34N2OS/c1-16(2)21-14-25(30-15-21)23-13-20(10-8-9-18(5)27-17(3)4)22-11-12-24(29-7)19(6)26(22)28-23/h11-16,18,27H,3,8-10H2,1-2,4-7H3. The highest BCUT2D eigenvalue weighted by molar-refractivity contribution is 7.13. The molecule has 3 aromatic rings. The summed E-state index contributed by atoms with van der Waals surface area (Å²) in [5, 5.41) is 6.91. The van der Waals surface area contributed by atoms with Gasteiger partial charge in [-0.25, -0.2) is 4.98 Å². The minimum absolute atomic E-state index is 0.433. The topological polar surface area (TPSA) is 34.2 Å². The van der Waals surface area contributed by atoms with E-state index in [-0.39, 0.29) is 0 Å². The lowest BCUT2D eigenvalue weighted by molar-refractivity contribution is 0.412. The molecule has 1 atom stereocenters. The van der Waals surface area contributed by atoms with Crippen LogP contribution in [0.5, 0.6) is 5.75 Å². The largest absolute Gasteiger partial charge is 0.496 e. The molecule has 4 heteroatoms. The normalized spacial score (nSPS) is 12.4. The lowest BCUT2D eigenvalue weighted by Crippen LogP contribution is -2.23. The first-order valence-corrected chi connectivity index (χ1v) is 11.7. The third kappa shape index (κ3) is 5.04. The van der Waals surface area contributed by atoms with Crippen molar-refractivity contribution in [3.8, 4) is 16.3 Å². The van der Waals surface area contributed by atoms with Crippen LogP contribution >= 0.6 is 11.3 Å². The summed E-state index contributed by atoms with van der Waals surface area (Å²) in [4.78, 5) is 6.31. The maximum absolute atomic E-state index is 5.57. The van der Waals surface area contributed by atoms with E-state index in [1.54, 1.807) is 18.4 Å². The van der Waals surface area contributed by atoms with E-state index in [4.69, 9.17) is 9.72 Å². The molecule has 0 spiro atoms. The monoisotopic (exact) mass is 422 g/mol. The summed E-state index contributed by atoms with van der Waals surface area (Å²) in [6.07, 6.45) is 3.26. The molecule has 3 nitrogen and oxygen atoms in total. The summed E-state index contributed by atoms with van der Waals surface area (Å²) in [6.45, 7) is 14.8. The molecule has 0 radical (unpaired) electrons. The molecule has 0 saturated heterocycles. The molecule has 0 saturated carbocycles. The molecule has 2 heterocycles. The van der Waals surface area contributed by atoms with Crippen LogP contribution in [-0.4, -0.2) is 18.1 Å². The maximum atomic E-state index is 5.57. The van der Waals surface area contributed by atoms with Crippen LogP contribution in [-0.2, 0) is 6.42 Å². The summed E-state index contributed by atoms with van der Waals surface area (Å²) in [7, 11) is 1.73. The van der Waals surface area contributed by atoms with Gasteiger partial charge in [-0.05, 0) is 86.7 Å². The van der Waals surface area contributed by atoms with Crippen LogP contribution in [0.4, 0.5) is 0 Å². The van der Waals surface area contributed by atoms with E-state index in [0.717, 1.165) is 47.5 Å². The van der Waals surface area contributed by atoms with Crippen LogP contribution in [0.15, 0.2) is 41.9 Å². The van der Waals surface area contributed by atoms with Gasteiger partial charge in [-0.1, -0.05) is 20.4 Å². The number of thiophene rings is 1. The second kappa shape index (κ2) is 9.65. The average molecular weight is 423 g/mol.